The number of alkyl carbamates (subject to hydrolysis) is 1. The molecule has 0 aliphatic carbocycles. The molecule has 7 nitrogen and oxygen atoms in total. The van der Waals surface area contributed by atoms with Gasteiger partial charge in [0.2, 0.25) is 0 Å². The predicted octanol–water partition coefficient (Wildman–Crippen LogP) is 3.02. The Morgan fingerprint density at radius 2 is 1.74 bits per heavy atom. The lowest BCUT2D eigenvalue weighted by molar-refractivity contribution is -0.148. The first-order valence-electron chi connectivity index (χ1n) is 9.09. The number of hydrogen-bond acceptors (Lipinski definition) is 5. The summed E-state index contributed by atoms with van der Waals surface area (Å²) in [4.78, 5) is 35.2. The first kappa shape index (κ1) is 22.5. The highest BCUT2D eigenvalue weighted by molar-refractivity contribution is 5.81. The van der Waals surface area contributed by atoms with Gasteiger partial charge < -0.3 is 20.1 Å². The number of carbonyl (C=O) groups is 3. The zero-order valence-electron chi connectivity index (χ0n) is 16.8. The number of rotatable bonds is 8. The minimum atomic E-state index is -0.601. The number of carbonyl (C=O) groups excluding carboxylic acids is 3. The molecule has 0 bridgehead atoms. The average molecular weight is 378 g/mol. The zero-order valence-corrected chi connectivity index (χ0v) is 16.8. The molecule has 27 heavy (non-hydrogen) atoms. The summed E-state index contributed by atoms with van der Waals surface area (Å²) in [5, 5.41) is 5.31. The Labute approximate surface area is 160 Å². The third-order valence-electron chi connectivity index (χ3n) is 3.58. The van der Waals surface area contributed by atoms with Gasteiger partial charge in [0.1, 0.15) is 5.60 Å². The van der Waals surface area contributed by atoms with Crippen LogP contribution < -0.4 is 10.6 Å². The molecule has 1 atom stereocenters. The molecule has 150 valence electrons. The molecular weight excluding hydrogens is 348 g/mol. The summed E-state index contributed by atoms with van der Waals surface area (Å²) in [5.74, 6) is -0.930. The Hall–Kier alpha value is -2.57. The normalized spacial score (nSPS) is 12.0. The van der Waals surface area contributed by atoms with E-state index in [0.717, 1.165) is 17.5 Å². The molecule has 0 saturated carbocycles. The van der Waals surface area contributed by atoms with Crippen molar-refractivity contribution in [1.82, 2.24) is 10.6 Å². The van der Waals surface area contributed by atoms with Crippen molar-refractivity contribution in [3.05, 3.63) is 35.4 Å². The molecule has 0 radical (unpaired) electrons. The summed E-state index contributed by atoms with van der Waals surface area (Å²) in [6.45, 7) is 8.95. The smallest absolute Gasteiger partial charge is 0.407 e. The van der Waals surface area contributed by atoms with E-state index in [1.807, 2.05) is 38.1 Å². The van der Waals surface area contributed by atoms with Crippen molar-refractivity contribution in [2.45, 2.75) is 59.1 Å². The molecule has 0 spiro atoms. The van der Waals surface area contributed by atoms with Gasteiger partial charge in [0.05, 0.1) is 12.5 Å². The van der Waals surface area contributed by atoms with Crippen LogP contribution in [0.5, 0.6) is 0 Å². The Morgan fingerprint density at radius 1 is 1.11 bits per heavy atom. The van der Waals surface area contributed by atoms with E-state index in [2.05, 4.69) is 10.6 Å². The standard InChI is InChI=1S/C20H30N2O5/c1-6-16(15-9-7-14(2)8-10-15)22-17(23)13-26-18(24)11-12-21-19(25)27-20(3,4)5/h7-10,16H,6,11-13H2,1-5H3,(H,21,25)(H,22,23)/t16-/m0/s1. The first-order valence-corrected chi connectivity index (χ1v) is 9.09. The van der Waals surface area contributed by atoms with Crippen LogP contribution in [0.2, 0.25) is 0 Å². The highest BCUT2D eigenvalue weighted by atomic mass is 16.6. The molecule has 0 fully saturated rings. The summed E-state index contributed by atoms with van der Waals surface area (Å²) >= 11 is 0. The van der Waals surface area contributed by atoms with Crippen molar-refractivity contribution < 1.29 is 23.9 Å². The number of aryl methyl sites for hydroxylation is 1. The fourth-order valence-electron chi connectivity index (χ4n) is 2.25. The minimum absolute atomic E-state index is 0.0400. The molecule has 7 heteroatoms. The van der Waals surface area contributed by atoms with E-state index >= 15 is 0 Å². The number of esters is 1. The topological polar surface area (TPSA) is 93.7 Å². The van der Waals surface area contributed by atoms with Crippen molar-refractivity contribution in [1.29, 1.82) is 0 Å². The number of nitrogens with one attached hydrogen (secondary N) is 2. The second-order valence-corrected chi connectivity index (χ2v) is 7.28. The fourth-order valence-corrected chi connectivity index (χ4v) is 2.25. The summed E-state index contributed by atoms with van der Waals surface area (Å²) in [6.07, 6.45) is 0.0847. The van der Waals surface area contributed by atoms with Gasteiger partial charge in [-0.05, 0) is 39.7 Å². The summed E-state index contributed by atoms with van der Waals surface area (Å²) in [6, 6.07) is 7.78. The highest BCUT2D eigenvalue weighted by Gasteiger charge is 2.17. The zero-order chi connectivity index (χ0) is 20.4. The lowest BCUT2D eigenvalue weighted by Crippen LogP contribution is -2.34. The molecule has 1 aromatic carbocycles. The maximum absolute atomic E-state index is 12.0. The van der Waals surface area contributed by atoms with Crippen LogP contribution in [0.1, 0.15) is 57.7 Å². The second kappa shape index (κ2) is 10.5. The van der Waals surface area contributed by atoms with Crippen molar-refractivity contribution >= 4 is 18.0 Å². The molecule has 0 heterocycles. The molecule has 0 aromatic heterocycles. The van der Waals surface area contributed by atoms with Crippen LogP contribution in [0.15, 0.2) is 24.3 Å². The lowest BCUT2D eigenvalue weighted by atomic mass is 10.0. The molecule has 2 N–H and O–H groups in total. The number of ether oxygens (including phenoxy) is 2. The summed E-state index contributed by atoms with van der Waals surface area (Å²) in [7, 11) is 0. The van der Waals surface area contributed by atoms with Crippen LogP contribution in [0, 0.1) is 6.92 Å². The van der Waals surface area contributed by atoms with Crippen LogP contribution in [0.3, 0.4) is 0 Å². The summed E-state index contributed by atoms with van der Waals surface area (Å²) in [5.41, 5.74) is 1.55. The molecule has 0 aliphatic rings. The minimum Gasteiger partial charge on any atom is -0.456 e. The van der Waals surface area contributed by atoms with Crippen LogP contribution in [-0.4, -0.2) is 36.7 Å². The van der Waals surface area contributed by atoms with E-state index < -0.39 is 17.7 Å². The molecular formula is C20H30N2O5. The molecule has 0 unspecified atom stereocenters. The van der Waals surface area contributed by atoms with Gasteiger partial charge in [-0.25, -0.2) is 4.79 Å². The van der Waals surface area contributed by atoms with Crippen LogP contribution >= 0.6 is 0 Å². The monoisotopic (exact) mass is 378 g/mol. The number of benzene rings is 1. The van der Waals surface area contributed by atoms with Gasteiger partial charge in [-0.3, -0.25) is 9.59 Å². The Kier molecular flexibility index (Phi) is 8.78. The SMILES string of the molecule is CC[C@H](NC(=O)COC(=O)CCNC(=O)OC(C)(C)C)c1ccc(C)cc1. The van der Waals surface area contributed by atoms with Crippen LogP contribution in [0.25, 0.3) is 0 Å². The number of amides is 2. The van der Waals surface area contributed by atoms with Gasteiger partial charge in [0, 0.05) is 6.54 Å². The maximum Gasteiger partial charge on any atom is 0.407 e. The van der Waals surface area contributed by atoms with Gasteiger partial charge >= 0.3 is 12.1 Å². The molecule has 1 aromatic rings. The van der Waals surface area contributed by atoms with Gasteiger partial charge in [-0.15, -0.1) is 0 Å². The predicted molar refractivity (Wildman–Crippen MR) is 102 cm³/mol. The Balaban J connectivity index is 2.31. The number of hydrogen-bond donors (Lipinski definition) is 2. The average Bonchev–Trinajstić information content (AvgIpc) is 2.57. The van der Waals surface area contributed by atoms with E-state index in [1.54, 1.807) is 20.8 Å². The van der Waals surface area contributed by atoms with Crippen LogP contribution in [0.4, 0.5) is 4.79 Å². The van der Waals surface area contributed by atoms with E-state index in [0.29, 0.717) is 0 Å². The largest absolute Gasteiger partial charge is 0.456 e. The van der Waals surface area contributed by atoms with Gasteiger partial charge in [-0.2, -0.15) is 0 Å². The van der Waals surface area contributed by atoms with E-state index in [-0.39, 0.29) is 31.5 Å². The molecule has 0 saturated heterocycles. The molecule has 0 aliphatic heterocycles. The van der Waals surface area contributed by atoms with Gasteiger partial charge in [0.15, 0.2) is 6.61 Å². The Morgan fingerprint density at radius 3 is 2.30 bits per heavy atom. The maximum atomic E-state index is 12.0. The lowest BCUT2D eigenvalue weighted by Gasteiger charge is -2.19. The fraction of sp³-hybridized carbons (Fsp3) is 0.550. The van der Waals surface area contributed by atoms with Gasteiger partial charge in [-0.1, -0.05) is 36.8 Å². The second-order valence-electron chi connectivity index (χ2n) is 7.28. The van der Waals surface area contributed by atoms with Gasteiger partial charge in [0.25, 0.3) is 5.91 Å². The van der Waals surface area contributed by atoms with Crippen molar-refractivity contribution in [3.63, 3.8) is 0 Å². The third kappa shape index (κ3) is 9.63. The summed E-state index contributed by atoms with van der Waals surface area (Å²) < 4.78 is 10.0. The van der Waals surface area contributed by atoms with E-state index in [9.17, 15) is 14.4 Å². The highest BCUT2D eigenvalue weighted by Crippen LogP contribution is 2.17. The Bertz CT molecular complexity index is 635. The first-order chi connectivity index (χ1) is 12.6. The van der Waals surface area contributed by atoms with Crippen molar-refractivity contribution in [2.24, 2.45) is 0 Å². The van der Waals surface area contributed by atoms with Crippen molar-refractivity contribution in [2.75, 3.05) is 13.2 Å². The quantitative estimate of drug-likeness (QED) is 0.678. The van der Waals surface area contributed by atoms with E-state index in [4.69, 9.17) is 9.47 Å². The molecule has 1 rings (SSSR count). The van der Waals surface area contributed by atoms with Crippen LogP contribution in [-0.2, 0) is 19.1 Å². The molecule has 2 amide bonds. The third-order valence-corrected chi connectivity index (χ3v) is 3.58. The van der Waals surface area contributed by atoms with Crippen molar-refractivity contribution in [3.8, 4) is 0 Å². The van der Waals surface area contributed by atoms with E-state index in [1.165, 1.54) is 0 Å².